The van der Waals surface area contributed by atoms with Crippen molar-refractivity contribution >= 4 is 73.5 Å². The fourth-order valence-corrected chi connectivity index (χ4v) is 4.39. The summed E-state index contributed by atoms with van der Waals surface area (Å²) in [6.07, 6.45) is 2.78. The van der Waals surface area contributed by atoms with E-state index in [1.807, 2.05) is 30.3 Å². The zero-order valence-electron chi connectivity index (χ0n) is 13.9. The molecule has 2 aromatic carbocycles. The van der Waals surface area contributed by atoms with Gasteiger partial charge in [0.15, 0.2) is 4.32 Å². The van der Waals surface area contributed by atoms with Crippen LogP contribution in [0.4, 0.5) is 5.69 Å². The van der Waals surface area contributed by atoms with Crippen molar-refractivity contribution in [2.45, 2.75) is 13.3 Å². The summed E-state index contributed by atoms with van der Waals surface area (Å²) in [7, 11) is 0. The van der Waals surface area contributed by atoms with E-state index in [1.54, 1.807) is 18.2 Å². The number of thioether (sulfide) groups is 1. The predicted molar refractivity (Wildman–Crippen MR) is 117 cm³/mol. The maximum atomic E-state index is 12.8. The lowest BCUT2D eigenvalue weighted by Crippen LogP contribution is -2.27. The largest absolute Gasteiger partial charge is 0.492 e. The minimum atomic E-state index is -0.148. The number of hydrogen-bond acceptors (Lipinski definition) is 4. The highest BCUT2D eigenvalue weighted by atomic mass is 79.9. The van der Waals surface area contributed by atoms with Crippen molar-refractivity contribution in [1.82, 2.24) is 0 Å². The maximum absolute atomic E-state index is 12.8. The molecule has 7 heteroatoms. The molecule has 2 aromatic rings. The lowest BCUT2D eigenvalue weighted by atomic mass is 10.2. The number of carbonyl (C=O) groups is 1. The zero-order chi connectivity index (χ0) is 18.7. The summed E-state index contributed by atoms with van der Waals surface area (Å²) in [5.41, 5.74) is 1.57. The summed E-state index contributed by atoms with van der Waals surface area (Å²) in [6.45, 7) is 2.72. The number of nitrogens with zero attached hydrogens (tertiary/aromatic N) is 1. The first-order valence-electron chi connectivity index (χ1n) is 7.95. The Kier molecular flexibility index (Phi) is 6.40. The summed E-state index contributed by atoms with van der Waals surface area (Å²) in [4.78, 5) is 14.9. The van der Waals surface area contributed by atoms with Crippen LogP contribution in [0.3, 0.4) is 0 Å². The molecule has 0 N–H and O–H groups in total. The van der Waals surface area contributed by atoms with E-state index in [0.29, 0.717) is 26.5 Å². The molecule has 3 nitrogen and oxygen atoms in total. The van der Waals surface area contributed by atoms with Crippen molar-refractivity contribution in [2.24, 2.45) is 0 Å². The van der Waals surface area contributed by atoms with Gasteiger partial charge >= 0.3 is 0 Å². The number of ether oxygens (including phenoxy) is 1. The van der Waals surface area contributed by atoms with Crippen molar-refractivity contribution in [1.29, 1.82) is 0 Å². The summed E-state index contributed by atoms with van der Waals surface area (Å²) in [5, 5.41) is 0.562. The molecule has 1 aliphatic heterocycles. The van der Waals surface area contributed by atoms with Crippen molar-refractivity contribution in [3.05, 3.63) is 62.4 Å². The Morgan fingerprint density at radius 2 is 2.12 bits per heavy atom. The van der Waals surface area contributed by atoms with Gasteiger partial charge in [-0.3, -0.25) is 9.69 Å². The quantitative estimate of drug-likeness (QED) is 0.380. The number of amides is 1. The molecular formula is C19H15BrClNO2S2. The van der Waals surface area contributed by atoms with Crippen LogP contribution < -0.4 is 9.64 Å². The number of rotatable bonds is 5. The van der Waals surface area contributed by atoms with E-state index in [1.165, 1.54) is 16.7 Å². The molecule has 3 rings (SSSR count). The fraction of sp³-hybridized carbons (Fsp3) is 0.158. The monoisotopic (exact) mass is 467 g/mol. The van der Waals surface area contributed by atoms with Gasteiger partial charge in [0, 0.05) is 5.02 Å². The Balaban J connectivity index is 1.85. The Bertz CT molecular complexity index is 901. The summed E-state index contributed by atoms with van der Waals surface area (Å²) >= 11 is 16.2. The van der Waals surface area contributed by atoms with Crippen LogP contribution in [-0.2, 0) is 4.79 Å². The molecule has 0 atom stereocenters. The molecule has 0 radical (unpaired) electrons. The normalized spacial score (nSPS) is 15.8. The molecular weight excluding hydrogens is 454 g/mol. The Morgan fingerprint density at radius 1 is 1.31 bits per heavy atom. The molecule has 0 spiro atoms. The van der Waals surface area contributed by atoms with E-state index in [2.05, 4.69) is 22.9 Å². The van der Waals surface area contributed by atoms with E-state index in [0.717, 1.165) is 22.2 Å². The third-order valence-electron chi connectivity index (χ3n) is 3.58. The van der Waals surface area contributed by atoms with Crippen LogP contribution in [0.5, 0.6) is 5.75 Å². The fourth-order valence-electron chi connectivity index (χ4n) is 2.39. The van der Waals surface area contributed by atoms with E-state index < -0.39 is 0 Å². The molecule has 1 aliphatic rings. The lowest BCUT2D eigenvalue weighted by Gasteiger charge is -2.14. The first kappa shape index (κ1) is 19.4. The number of carbonyl (C=O) groups excluding carboxylic acids is 1. The molecule has 1 saturated heterocycles. The van der Waals surface area contributed by atoms with Gasteiger partial charge in [-0.15, -0.1) is 0 Å². The second-order valence-corrected chi connectivity index (χ2v) is 8.50. The molecule has 1 amide bonds. The minimum absolute atomic E-state index is 0.148. The molecule has 0 aromatic heterocycles. The van der Waals surface area contributed by atoms with Gasteiger partial charge in [0.1, 0.15) is 5.75 Å². The Hall–Kier alpha value is -1.34. The highest BCUT2D eigenvalue weighted by Crippen LogP contribution is 2.37. The lowest BCUT2D eigenvalue weighted by molar-refractivity contribution is -0.113. The SMILES string of the molecule is CCCOc1ccc(/C=C2/SC(=S)N(c3cccc(Cl)c3)C2=O)cc1Br. The highest BCUT2D eigenvalue weighted by molar-refractivity contribution is 9.10. The van der Waals surface area contributed by atoms with Gasteiger partial charge in [0.25, 0.3) is 5.91 Å². The maximum Gasteiger partial charge on any atom is 0.270 e. The van der Waals surface area contributed by atoms with E-state index in [-0.39, 0.29) is 5.91 Å². The third-order valence-corrected chi connectivity index (χ3v) is 5.73. The highest BCUT2D eigenvalue weighted by Gasteiger charge is 2.33. The summed E-state index contributed by atoms with van der Waals surface area (Å²) in [5.74, 6) is 0.639. The molecule has 0 unspecified atom stereocenters. The minimum Gasteiger partial charge on any atom is -0.492 e. The molecule has 1 fully saturated rings. The molecule has 134 valence electrons. The molecule has 0 saturated carbocycles. The van der Waals surface area contributed by atoms with Gasteiger partial charge in [-0.2, -0.15) is 0 Å². The second kappa shape index (κ2) is 8.57. The van der Waals surface area contributed by atoms with E-state index in [9.17, 15) is 4.79 Å². The van der Waals surface area contributed by atoms with Crippen molar-refractivity contribution < 1.29 is 9.53 Å². The molecule has 26 heavy (non-hydrogen) atoms. The third kappa shape index (κ3) is 4.31. The summed E-state index contributed by atoms with van der Waals surface area (Å²) < 4.78 is 7.00. The van der Waals surface area contributed by atoms with Crippen LogP contribution in [0, 0.1) is 0 Å². The van der Waals surface area contributed by atoms with Crippen LogP contribution in [-0.4, -0.2) is 16.8 Å². The van der Waals surface area contributed by atoms with E-state index in [4.69, 9.17) is 28.6 Å². The van der Waals surface area contributed by atoms with Crippen molar-refractivity contribution in [2.75, 3.05) is 11.5 Å². The van der Waals surface area contributed by atoms with Gasteiger partial charge in [-0.1, -0.05) is 54.6 Å². The molecule has 1 heterocycles. The molecule has 0 bridgehead atoms. The van der Waals surface area contributed by atoms with Crippen LogP contribution in [0.15, 0.2) is 51.8 Å². The Morgan fingerprint density at radius 3 is 2.81 bits per heavy atom. The van der Waals surface area contributed by atoms with Gasteiger partial charge in [-0.05, 0) is 64.3 Å². The average Bonchev–Trinajstić information content (AvgIpc) is 2.88. The smallest absolute Gasteiger partial charge is 0.270 e. The van der Waals surface area contributed by atoms with Crippen LogP contribution in [0.1, 0.15) is 18.9 Å². The number of anilines is 1. The predicted octanol–water partition coefficient (Wildman–Crippen LogP) is 6.30. The van der Waals surface area contributed by atoms with Crippen LogP contribution in [0.2, 0.25) is 5.02 Å². The van der Waals surface area contributed by atoms with Gasteiger partial charge < -0.3 is 4.74 Å². The molecule has 0 aliphatic carbocycles. The van der Waals surface area contributed by atoms with Gasteiger partial charge in [0.2, 0.25) is 0 Å². The first-order valence-corrected chi connectivity index (χ1v) is 10.3. The summed E-state index contributed by atoms with van der Waals surface area (Å²) in [6, 6.07) is 12.8. The topological polar surface area (TPSA) is 29.5 Å². The average molecular weight is 469 g/mol. The van der Waals surface area contributed by atoms with Crippen LogP contribution >= 0.6 is 51.5 Å². The standard InChI is InChI=1S/C19H15BrClNO2S2/c1-2-8-24-16-7-6-12(9-15(16)20)10-17-18(23)22(19(25)26-17)14-5-3-4-13(21)11-14/h3-7,9-11H,2,8H2,1H3/b17-10+. The number of hydrogen-bond donors (Lipinski definition) is 0. The Labute approximate surface area is 175 Å². The first-order chi connectivity index (χ1) is 12.5. The zero-order valence-corrected chi connectivity index (χ0v) is 17.8. The van der Waals surface area contributed by atoms with Gasteiger partial charge in [-0.25, -0.2) is 0 Å². The van der Waals surface area contributed by atoms with Gasteiger partial charge in [0.05, 0.1) is 21.7 Å². The second-order valence-electron chi connectivity index (χ2n) is 5.54. The number of benzene rings is 2. The number of halogens is 2. The van der Waals surface area contributed by atoms with Crippen molar-refractivity contribution in [3.63, 3.8) is 0 Å². The number of thiocarbonyl (C=S) groups is 1. The van der Waals surface area contributed by atoms with Crippen molar-refractivity contribution in [3.8, 4) is 5.75 Å². The van der Waals surface area contributed by atoms with E-state index >= 15 is 0 Å². The van der Waals surface area contributed by atoms with Crippen LogP contribution in [0.25, 0.3) is 6.08 Å².